The fourth-order valence-corrected chi connectivity index (χ4v) is 3.68. The van der Waals surface area contributed by atoms with Crippen LogP contribution in [0, 0.1) is 0 Å². The van der Waals surface area contributed by atoms with Crippen molar-refractivity contribution in [2.24, 2.45) is 0 Å². The lowest BCUT2D eigenvalue weighted by molar-refractivity contribution is -0.921. The maximum Gasteiger partial charge on any atom is 0.402 e. The Morgan fingerprint density at radius 2 is 0.919 bits per heavy atom. The molecule has 17 heteroatoms. The van der Waals surface area contributed by atoms with Crippen molar-refractivity contribution in [3.8, 4) is 0 Å². The van der Waals surface area contributed by atoms with Gasteiger partial charge in [0.05, 0.1) is 26.2 Å². The average molecular weight is 596 g/mol. The summed E-state index contributed by atoms with van der Waals surface area (Å²) < 4.78 is 190. The van der Waals surface area contributed by atoms with Crippen LogP contribution in [-0.4, -0.2) is 78.5 Å². The monoisotopic (exact) mass is 595 g/mol. The van der Waals surface area contributed by atoms with E-state index in [0.717, 1.165) is 0 Å². The topological polar surface area (TPSA) is 57.2 Å². The summed E-state index contributed by atoms with van der Waals surface area (Å²) in [5.74, 6) is -37.2. The van der Waals surface area contributed by atoms with E-state index in [2.05, 4.69) is 27.7 Å². The van der Waals surface area contributed by atoms with E-state index in [1.807, 2.05) is 0 Å². The molecule has 226 valence electrons. The number of rotatable bonds is 15. The Morgan fingerprint density at radius 3 is 1.19 bits per heavy atom. The molecule has 0 amide bonds. The van der Waals surface area contributed by atoms with Crippen molar-refractivity contribution >= 4 is 10.1 Å². The van der Waals surface area contributed by atoms with Gasteiger partial charge in [0.25, 0.3) is 0 Å². The Morgan fingerprint density at radius 1 is 0.568 bits per heavy atom. The smallest absolute Gasteiger partial charge is 0.402 e. The van der Waals surface area contributed by atoms with Crippen LogP contribution >= 0.6 is 0 Å². The van der Waals surface area contributed by atoms with E-state index >= 15 is 0 Å². The summed E-state index contributed by atoms with van der Waals surface area (Å²) in [6.45, 7) is 15.7. The molecule has 0 rings (SSSR count). The van der Waals surface area contributed by atoms with Gasteiger partial charge in [-0.2, -0.15) is 52.7 Å². The van der Waals surface area contributed by atoms with Gasteiger partial charge in [0.15, 0.2) is 10.1 Å². The third-order valence-corrected chi connectivity index (χ3v) is 7.23. The molecule has 0 fully saturated rings. The van der Waals surface area contributed by atoms with Crippen LogP contribution in [-0.2, 0) is 10.1 Å². The van der Waals surface area contributed by atoms with E-state index in [4.69, 9.17) is 0 Å². The van der Waals surface area contributed by atoms with E-state index < -0.39 is 57.8 Å². The molecule has 0 radical (unpaired) electrons. The van der Waals surface area contributed by atoms with Crippen molar-refractivity contribution < 1.29 is 70.1 Å². The van der Waals surface area contributed by atoms with Crippen molar-refractivity contribution in [3.05, 3.63) is 0 Å². The van der Waals surface area contributed by atoms with Crippen LogP contribution in [0.15, 0.2) is 0 Å². The van der Waals surface area contributed by atoms with Crippen LogP contribution in [0.3, 0.4) is 0 Å². The summed E-state index contributed by atoms with van der Waals surface area (Å²) in [7, 11) is -7.78. The van der Waals surface area contributed by atoms with Gasteiger partial charge in [0.2, 0.25) is 0 Å². The molecule has 0 aliphatic rings. The van der Waals surface area contributed by atoms with Gasteiger partial charge in [-0.05, 0) is 34.1 Å². The highest BCUT2D eigenvalue weighted by Crippen LogP contribution is 2.61. The Balaban J connectivity index is 0. The average Bonchev–Trinajstić information content (AvgIpc) is 2.77. The highest BCUT2D eigenvalue weighted by Gasteiger charge is 2.90. The molecule has 4 nitrogen and oxygen atoms in total. The normalized spacial score (nSPS) is 14.9. The van der Waals surface area contributed by atoms with Crippen LogP contribution in [0.25, 0.3) is 0 Å². The van der Waals surface area contributed by atoms with Gasteiger partial charge in [-0.3, -0.25) is 0 Å². The first kappa shape index (κ1) is 38.2. The van der Waals surface area contributed by atoms with Gasteiger partial charge in [-0.15, -0.1) is 0 Å². The minimum absolute atomic E-state index is 0.139. The number of nitrogens with zero attached hydrogens (tertiary/aromatic N) is 1. The molecule has 0 aromatic rings. The van der Waals surface area contributed by atoms with Gasteiger partial charge in [-0.25, -0.2) is 8.42 Å². The lowest BCUT2D eigenvalue weighted by Gasteiger charge is -2.41. The Labute approximate surface area is 208 Å². The third-order valence-electron chi connectivity index (χ3n) is 6.35. The molecule has 0 atom stereocenters. The Kier molecular flexibility index (Phi) is 13.3. The number of halogens is 12. The van der Waals surface area contributed by atoms with E-state index in [9.17, 15) is 65.7 Å². The van der Waals surface area contributed by atoms with Crippen molar-refractivity contribution in [2.75, 3.05) is 26.2 Å². The summed E-state index contributed by atoms with van der Waals surface area (Å²) in [5.41, 5.74) is 0. The van der Waals surface area contributed by atoms with Crippen LogP contribution in [0.1, 0.15) is 66.7 Å². The SMILES string of the molecule is CCCCCCC(F)(F)C(F)(F)C(F)(F)C(F)(F)C(F)(F)C(F)(F)S(=O)(=O)[O-].CC[N+](CC)(CC)CC. The Hall–Kier alpha value is -0.970. The maximum atomic E-state index is 13.4. The number of hydrogen-bond acceptors (Lipinski definition) is 3. The molecule has 0 saturated heterocycles. The summed E-state index contributed by atoms with van der Waals surface area (Å²) in [6, 6.07) is 0. The van der Waals surface area contributed by atoms with Gasteiger partial charge < -0.3 is 9.04 Å². The Bertz CT molecular complexity index is 783. The highest BCUT2D eigenvalue weighted by atomic mass is 32.2. The fourth-order valence-electron chi connectivity index (χ4n) is 3.24. The minimum Gasteiger partial charge on any atom is -0.743 e. The zero-order valence-corrected chi connectivity index (χ0v) is 21.8. The molecule has 0 saturated carbocycles. The predicted molar refractivity (Wildman–Crippen MR) is 111 cm³/mol. The molecule has 0 heterocycles. The molecular formula is C20H33F12NO3S. The van der Waals surface area contributed by atoms with Crippen LogP contribution in [0.4, 0.5) is 52.7 Å². The first-order chi connectivity index (χ1) is 16.3. The van der Waals surface area contributed by atoms with Gasteiger partial charge in [0.1, 0.15) is 0 Å². The molecule has 37 heavy (non-hydrogen) atoms. The lowest BCUT2D eigenvalue weighted by Crippen LogP contribution is -2.71. The zero-order chi connectivity index (χ0) is 30.4. The third kappa shape index (κ3) is 7.37. The largest absolute Gasteiger partial charge is 0.743 e. The number of hydrogen-bond donors (Lipinski definition) is 0. The first-order valence-corrected chi connectivity index (χ1v) is 12.8. The predicted octanol–water partition coefficient (Wildman–Crippen LogP) is 7.15. The van der Waals surface area contributed by atoms with Crippen LogP contribution < -0.4 is 0 Å². The van der Waals surface area contributed by atoms with Crippen molar-refractivity contribution in [2.45, 2.75) is 102 Å². The lowest BCUT2D eigenvalue weighted by atomic mass is 9.91. The van der Waals surface area contributed by atoms with Crippen LogP contribution in [0.5, 0.6) is 0 Å². The standard InChI is InChI=1S/C12H14F12O3S.C8H20N/c1-2-3-4-5-6-7(13,14)8(15,16)9(17,18)10(19,20)11(21,22)12(23,24)28(25,26)27;1-5-9(6-2,7-3)8-4/h2-6H2,1H3,(H,25,26,27);5-8H2,1-4H3/q;+1/p-1. The first-order valence-electron chi connectivity index (χ1n) is 11.4. The fraction of sp³-hybridized carbons (Fsp3) is 1.00. The van der Waals surface area contributed by atoms with Gasteiger partial charge >= 0.3 is 34.9 Å². The molecule has 0 unspecified atom stereocenters. The van der Waals surface area contributed by atoms with E-state index in [1.54, 1.807) is 0 Å². The molecule has 0 aromatic carbocycles. The molecule has 0 bridgehead atoms. The summed E-state index contributed by atoms with van der Waals surface area (Å²) in [4.78, 5) is 0. The maximum absolute atomic E-state index is 13.4. The second-order valence-corrected chi connectivity index (χ2v) is 9.81. The molecule has 0 aliphatic carbocycles. The van der Waals surface area contributed by atoms with Crippen molar-refractivity contribution in [3.63, 3.8) is 0 Å². The summed E-state index contributed by atoms with van der Waals surface area (Å²) >= 11 is 0. The molecule has 0 N–H and O–H groups in total. The second-order valence-electron chi connectivity index (χ2n) is 8.39. The molecule has 0 aliphatic heterocycles. The summed E-state index contributed by atoms with van der Waals surface area (Å²) in [6.07, 6.45) is -2.89. The second kappa shape index (κ2) is 12.9. The van der Waals surface area contributed by atoms with E-state index in [0.29, 0.717) is 6.42 Å². The zero-order valence-electron chi connectivity index (χ0n) is 21.0. The number of quaternary nitrogens is 1. The van der Waals surface area contributed by atoms with Gasteiger partial charge in [0, 0.05) is 6.42 Å². The number of unbranched alkanes of at least 4 members (excludes halogenated alkanes) is 3. The molecular weight excluding hydrogens is 562 g/mol. The van der Waals surface area contributed by atoms with Crippen molar-refractivity contribution in [1.29, 1.82) is 0 Å². The summed E-state index contributed by atoms with van der Waals surface area (Å²) in [5, 5.41) is -7.51. The molecule has 0 aromatic heterocycles. The quantitative estimate of drug-likeness (QED) is 0.0875. The minimum atomic E-state index is -8.06. The highest BCUT2D eigenvalue weighted by molar-refractivity contribution is 7.86. The number of alkyl halides is 12. The van der Waals surface area contributed by atoms with E-state index in [-0.39, 0.29) is 12.8 Å². The van der Waals surface area contributed by atoms with Gasteiger partial charge in [-0.1, -0.05) is 26.2 Å². The van der Waals surface area contributed by atoms with E-state index in [1.165, 1.54) is 37.6 Å². The van der Waals surface area contributed by atoms with Crippen LogP contribution in [0.2, 0.25) is 0 Å². The van der Waals surface area contributed by atoms with Crippen molar-refractivity contribution in [1.82, 2.24) is 0 Å². The molecule has 0 spiro atoms.